The zero-order valence-electron chi connectivity index (χ0n) is 13.5. The van der Waals surface area contributed by atoms with Crippen LogP contribution in [0.2, 0.25) is 0 Å². The molecule has 0 aliphatic heterocycles. The Kier molecular flexibility index (Phi) is 5.67. The lowest BCUT2D eigenvalue weighted by Gasteiger charge is -2.43. The third kappa shape index (κ3) is 4.00. The van der Waals surface area contributed by atoms with Crippen molar-refractivity contribution >= 4 is 17.3 Å². The molecule has 0 heterocycles. The van der Waals surface area contributed by atoms with E-state index in [2.05, 4.69) is 20.8 Å². The summed E-state index contributed by atoms with van der Waals surface area (Å²) in [5, 5.41) is 0. The summed E-state index contributed by atoms with van der Waals surface area (Å²) in [6.07, 6.45) is 4.80. The van der Waals surface area contributed by atoms with E-state index >= 15 is 0 Å². The SMILES string of the molecule is CC(=O)C(C(C)=O)C(=O)CCC1C(C)CCCC1(C)C. The molecule has 2 unspecified atom stereocenters. The maximum absolute atomic E-state index is 12.1. The van der Waals surface area contributed by atoms with Gasteiger partial charge in [-0.15, -0.1) is 0 Å². The molecular formula is C17H28O3. The van der Waals surface area contributed by atoms with Gasteiger partial charge in [0.25, 0.3) is 0 Å². The minimum absolute atomic E-state index is 0.196. The largest absolute Gasteiger partial charge is 0.299 e. The second-order valence-corrected chi connectivity index (χ2v) is 7.12. The first-order valence-corrected chi connectivity index (χ1v) is 7.70. The van der Waals surface area contributed by atoms with Crippen molar-refractivity contribution in [2.45, 2.75) is 66.7 Å². The van der Waals surface area contributed by atoms with Gasteiger partial charge in [-0.25, -0.2) is 0 Å². The predicted octanol–water partition coefficient (Wildman–Crippen LogP) is 3.59. The Morgan fingerprint density at radius 2 is 1.70 bits per heavy atom. The van der Waals surface area contributed by atoms with Gasteiger partial charge in [0, 0.05) is 6.42 Å². The van der Waals surface area contributed by atoms with Crippen molar-refractivity contribution in [2.24, 2.45) is 23.2 Å². The first-order chi connectivity index (χ1) is 9.16. The summed E-state index contributed by atoms with van der Waals surface area (Å²) in [7, 11) is 0. The molecule has 2 atom stereocenters. The molecule has 0 N–H and O–H groups in total. The van der Waals surface area contributed by atoms with Crippen molar-refractivity contribution in [1.82, 2.24) is 0 Å². The standard InChI is InChI=1S/C17H28O3/c1-11-7-6-10-17(4,5)14(11)8-9-15(20)16(12(2)18)13(3)19/h11,14,16H,6-10H2,1-5H3. The molecule has 0 radical (unpaired) electrons. The highest BCUT2D eigenvalue weighted by atomic mass is 16.2. The Balaban J connectivity index is 2.67. The maximum atomic E-state index is 12.1. The first kappa shape index (κ1) is 17.1. The molecule has 0 amide bonds. The number of hydrogen-bond acceptors (Lipinski definition) is 3. The highest BCUT2D eigenvalue weighted by Gasteiger charge is 2.37. The number of ketones is 3. The van der Waals surface area contributed by atoms with E-state index in [-0.39, 0.29) is 22.8 Å². The van der Waals surface area contributed by atoms with E-state index in [1.807, 2.05) is 0 Å². The summed E-state index contributed by atoms with van der Waals surface area (Å²) < 4.78 is 0. The molecule has 0 saturated heterocycles. The minimum atomic E-state index is -1.03. The van der Waals surface area contributed by atoms with Crippen LogP contribution in [0.4, 0.5) is 0 Å². The van der Waals surface area contributed by atoms with Gasteiger partial charge in [-0.3, -0.25) is 14.4 Å². The lowest BCUT2D eigenvalue weighted by atomic mass is 9.62. The number of carbonyl (C=O) groups is 3. The van der Waals surface area contributed by atoms with Crippen LogP contribution in [0.5, 0.6) is 0 Å². The second kappa shape index (κ2) is 6.64. The lowest BCUT2D eigenvalue weighted by molar-refractivity contribution is -0.138. The molecular weight excluding hydrogens is 252 g/mol. The van der Waals surface area contributed by atoms with E-state index in [9.17, 15) is 14.4 Å². The third-order valence-corrected chi connectivity index (χ3v) is 5.01. The van der Waals surface area contributed by atoms with Gasteiger partial charge in [0.2, 0.25) is 0 Å². The molecule has 1 aliphatic rings. The van der Waals surface area contributed by atoms with E-state index < -0.39 is 5.92 Å². The van der Waals surface area contributed by atoms with Crippen LogP contribution in [0.1, 0.15) is 66.7 Å². The van der Waals surface area contributed by atoms with Crippen LogP contribution >= 0.6 is 0 Å². The molecule has 3 nitrogen and oxygen atoms in total. The van der Waals surface area contributed by atoms with E-state index in [1.54, 1.807) is 0 Å². The van der Waals surface area contributed by atoms with Crippen molar-refractivity contribution in [3.63, 3.8) is 0 Å². The van der Waals surface area contributed by atoms with Crippen LogP contribution < -0.4 is 0 Å². The minimum Gasteiger partial charge on any atom is -0.299 e. The quantitative estimate of drug-likeness (QED) is 0.699. The fourth-order valence-electron chi connectivity index (χ4n) is 3.89. The van der Waals surface area contributed by atoms with E-state index in [4.69, 9.17) is 0 Å². The summed E-state index contributed by atoms with van der Waals surface area (Å²) in [6, 6.07) is 0. The van der Waals surface area contributed by atoms with E-state index in [0.29, 0.717) is 18.3 Å². The van der Waals surface area contributed by atoms with Crippen molar-refractivity contribution in [3.8, 4) is 0 Å². The monoisotopic (exact) mass is 280 g/mol. The topological polar surface area (TPSA) is 51.2 Å². The molecule has 1 saturated carbocycles. The maximum Gasteiger partial charge on any atom is 0.150 e. The average molecular weight is 280 g/mol. The second-order valence-electron chi connectivity index (χ2n) is 7.12. The molecule has 0 aromatic rings. The molecule has 1 rings (SSSR count). The van der Waals surface area contributed by atoms with Gasteiger partial charge in [0.05, 0.1) is 0 Å². The van der Waals surface area contributed by atoms with Crippen LogP contribution in [0, 0.1) is 23.2 Å². The van der Waals surface area contributed by atoms with Crippen LogP contribution in [-0.4, -0.2) is 17.3 Å². The number of rotatable bonds is 6. The fraction of sp³-hybridized carbons (Fsp3) is 0.824. The van der Waals surface area contributed by atoms with Gasteiger partial charge >= 0.3 is 0 Å². The highest BCUT2D eigenvalue weighted by Crippen LogP contribution is 2.46. The third-order valence-electron chi connectivity index (χ3n) is 5.01. The summed E-state index contributed by atoms with van der Waals surface area (Å²) in [5.41, 5.74) is 0.250. The predicted molar refractivity (Wildman–Crippen MR) is 79.4 cm³/mol. The van der Waals surface area contributed by atoms with Gasteiger partial charge in [0.15, 0.2) is 5.78 Å². The summed E-state index contributed by atoms with van der Waals surface area (Å²) >= 11 is 0. The van der Waals surface area contributed by atoms with Gasteiger partial charge in [-0.1, -0.05) is 33.6 Å². The van der Waals surface area contributed by atoms with Crippen molar-refractivity contribution in [3.05, 3.63) is 0 Å². The normalized spacial score (nSPS) is 25.5. The number of carbonyl (C=O) groups excluding carboxylic acids is 3. The first-order valence-electron chi connectivity index (χ1n) is 7.70. The molecule has 1 fully saturated rings. The molecule has 0 aromatic heterocycles. The Morgan fingerprint density at radius 1 is 1.15 bits per heavy atom. The molecule has 0 aromatic carbocycles. The van der Waals surface area contributed by atoms with Gasteiger partial charge in [-0.2, -0.15) is 0 Å². The molecule has 114 valence electrons. The molecule has 20 heavy (non-hydrogen) atoms. The molecule has 0 spiro atoms. The van der Waals surface area contributed by atoms with Crippen LogP contribution in [0.3, 0.4) is 0 Å². The van der Waals surface area contributed by atoms with Gasteiger partial charge in [-0.05, 0) is 43.9 Å². The Hall–Kier alpha value is -0.990. The highest BCUT2D eigenvalue weighted by molar-refractivity contribution is 6.18. The fourth-order valence-corrected chi connectivity index (χ4v) is 3.89. The zero-order valence-corrected chi connectivity index (χ0v) is 13.5. The summed E-state index contributed by atoms with van der Waals surface area (Å²) in [4.78, 5) is 35.0. The number of hydrogen-bond donors (Lipinski definition) is 0. The van der Waals surface area contributed by atoms with Crippen molar-refractivity contribution in [1.29, 1.82) is 0 Å². The van der Waals surface area contributed by atoms with Crippen LogP contribution in [0.25, 0.3) is 0 Å². The Bertz CT molecular complexity index is 381. The van der Waals surface area contributed by atoms with E-state index in [0.717, 1.165) is 6.42 Å². The molecule has 3 heteroatoms. The average Bonchev–Trinajstić information content (AvgIpc) is 2.26. The van der Waals surface area contributed by atoms with Gasteiger partial charge < -0.3 is 0 Å². The van der Waals surface area contributed by atoms with Gasteiger partial charge in [0.1, 0.15) is 17.5 Å². The van der Waals surface area contributed by atoms with E-state index in [1.165, 1.54) is 33.1 Å². The Morgan fingerprint density at radius 3 is 2.15 bits per heavy atom. The lowest BCUT2D eigenvalue weighted by Crippen LogP contribution is -2.35. The summed E-state index contributed by atoms with van der Waals surface area (Å²) in [6.45, 7) is 9.45. The smallest absolute Gasteiger partial charge is 0.150 e. The molecule has 1 aliphatic carbocycles. The zero-order chi connectivity index (χ0) is 15.5. The van der Waals surface area contributed by atoms with Crippen molar-refractivity contribution in [2.75, 3.05) is 0 Å². The van der Waals surface area contributed by atoms with Crippen molar-refractivity contribution < 1.29 is 14.4 Å². The summed E-state index contributed by atoms with van der Waals surface area (Å²) in [5.74, 6) is -0.757. The number of Topliss-reactive ketones (excluding diaryl/α,β-unsaturated/α-hetero) is 3. The van der Waals surface area contributed by atoms with Crippen LogP contribution in [0.15, 0.2) is 0 Å². The molecule has 0 bridgehead atoms. The van der Waals surface area contributed by atoms with Crippen LogP contribution in [-0.2, 0) is 14.4 Å². The Labute approximate surface area is 122 Å².